The van der Waals surface area contributed by atoms with Crippen LogP contribution in [0.2, 0.25) is 0 Å². The van der Waals surface area contributed by atoms with E-state index in [4.69, 9.17) is 39.7 Å². The number of carboxylic acids is 2. The van der Waals surface area contributed by atoms with Gasteiger partial charge in [-0.25, -0.2) is 19.2 Å². The SMILES string of the molecule is CCC(CC)OC(=O)OC(C)OC(=O)C1=C(/C=C\c2cccnc2)CS[C@H]2[C@H](N)C(=O)N12.O=C(O)C(=O)O. The zero-order chi connectivity index (χ0) is 28.4. The van der Waals surface area contributed by atoms with Gasteiger partial charge in [0.2, 0.25) is 12.2 Å². The molecule has 1 amide bonds. The molecule has 13 nitrogen and oxygen atoms in total. The highest BCUT2D eigenvalue weighted by Gasteiger charge is 2.52. The van der Waals surface area contributed by atoms with Gasteiger partial charge < -0.3 is 30.2 Å². The Morgan fingerprint density at radius 3 is 2.37 bits per heavy atom. The van der Waals surface area contributed by atoms with Gasteiger partial charge in [0.1, 0.15) is 23.2 Å². The monoisotopic (exact) mass is 551 g/mol. The Kier molecular flexibility index (Phi) is 11.3. The van der Waals surface area contributed by atoms with Crippen molar-refractivity contribution in [2.24, 2.45) is 5.73 Å². The zero-order valence-corrected chi connectivity index (χ0v) is 21.8. The summed E-state index contributed by atoms with van der Waals surface area (Å²) >= 11 is 1.47. The number of allylic oxidation sites excluding steroid dienone is 1. The van der Waals surface area contributed by atoms with Crippen LogP contribution in [0.25, 0.3) is 6.08 Å². The van der Waals surface area contributed by atoms with Gasteiger partial charge in [0, 0.05) is 25.1 Å². The number of carbonyl (C=O) groups excluding carboxylic acids is 3. The minimum absolute atomic E-state index is 0.101. The van der Waals surface area contributed by atoms with E-state index in [9.17, 15) is 14.4 Å². The van der Waals surface area contributed by atoms with Gasteiger partial charge in [-0.15, -0.1) is 11.8 Å². The summed E-state index contributed by atoms with van der Waals surface area (Å²) in [6.07, 6.45) is 5.81. The number of aliphatic carboxylic acids is 2. The van der Waals surface area contributed by atoms with Crippen molar-refractivity contribution in [3.63, 3.8) is 0 Å². The number of hydrogen-bond acceptors (Lipinski definition) is 11. The first-order valence-corrected chi connectivity index (χ1v) is 12.6. The number of ether oxygens (including phenoxy) is 3. The lowest BCUT2D eigenvalue weighted by molar-refractivity contribution is -0.169. The van der Waals surface area contributed by atoms with Crippen LogP contribution >= 0.6 is 11.8 Å². The minimum atomic E-state index is -1.82. The van der Waals surface area contributed by atoms with E-state index in [2.05, 4.69) is 4.98 Å². The molecule has 0 saturated carbocycles. The summed E-state index contributed by atoms with van der Waals surface area (Å²) in [5.41, 5.74) is 7.44. The molecule has 2 aliphatic heterocycles. The lowest BCUT2D eigenvalue weighted by Crippen LogP contribution is -2.68. The number of nitrogens with zero attached hydrogens (tertiary/aromatic N) is 2. The van der Waals surface area contributed by atoms with E-state index in [-0.39, 0.29) is 23.1 Å². The van der Waals surface area contributed by atoms with Crippen molar-refractivity contribution in [1.29, 1.82) is 0 Å². The molecule has 1 fully saturated rings. The maximum absolute atomic E-state index is 13.0. The Morgan fingerprint density at radius 2 is 1.82 bits per heavy atom. The third-order valence-electron chi connectivity index (χ3n) is 5.29. The van der Waals surface area contributed by atoms with Crippen molar-refractivity contribution in [3.8, 4) is 0 Å². The second-order valence-corrected chi connectivity index (χ2v) is 9.04. The summed E-state index contributed by atoms with van der Waals surface area (Å²) in [4.78, 5) is 60.9. The van der Waals surface area contributed by atoms with Crippen LogP contribution in [-0.2, 0) is 33.4 Å². The fourth-order valence-corrected chi connectivity index (χ4v) is 4.58. The summed E-state index contributed by atoms with van der Waals surface area (Å²) in [6.45, 7) is 5.20. The molecule has 3 atom stereocenters. The van der Waals surface area contributed by atoms with Crippen molar-refractivity contribution < 1.29 is 48.4 Å². The molecule has 0 aliphatic carbocycles. The van der Waals surface area contributed by atoms with E-state index < -0.39 is 36.4 Å². The molecule has 0 spiro atoms. The Morgan fingerprint density at radius 1 is 1.16 bits per heavy atom. The summed E-state index contributed by atoms with van der Waals surface area (Å²) in [6, 6.07) is 3.00. The van der Waals surface area contributed by atoms with Crippen molar-refractivity contribution >= 4 is 47.8 Å². The molecule has 1 unspecified atom stereocenters. The van der Waals surface area contributed by atoms with Crippen LogP contribution in [0.1, 0.15) is 39.2 Å². The first-order valence-electron chi connectivity index (χ1n) is 11.6. The number of fused-ring (bicyclic) bond motifs is 1. The third-order valence-corrected chi connectivity index (χ3v) is 6.61. The highest BCUT2D eigenvalue weighted by molar-refractivity contribution is 8.00. The molecule has 3 heterocycles. The van der Waals surface area contributed by atoms with E-state index in [0.29, 0.717) is 24.2 Å². The number of nitrogens with two attached hydrogens (primary N) is 1. The number of aromatic nitrogens is 1. The van der Waals surface area contributed by atoms with E-state index in [0.717, 1.165) is 5.56 Å². The number of thioether (sulfide) groups is 1. The third kappa shape index (κ3) is 8.05. The second kappa shape index (κ2) is 14.1. The van der Waals surface area contributed by atoms with Crippen molar-refractivity contribution in [2.75, 3.05) is 5.75 Å². The molecular formula is C24H29N3O10S. The molecule has 206 valence electrons. The van der Waals surface area contributed by atoms with E-state index >= 15 is 0 Å². The molecule has 1 saturated heterocycles. The number of amides is 1. The van der Waals surface area contributed by atoms with Crippen molar-refractivity contribution in [2.45, 2.75) is 57.4 Å². The standard InChI is InChI=1S/C22H27N3O6S.C2H2O4/c1-4-16(5-2)31-22(28)30-13(3)29-21(27)18-15(9-8-14-7-6-10-24-11-14)12-32-20-17(23)19(26)25(18)20;3-1(4)2(5)6/h6-11,13,16-17,20H,4-5,12,23H2,1-3H3;(H,3,4)(H,5,6)/b9-8-;/t13?,17-,20+;/m1./s1. The van der Waals surface area contributed by atoms with Crippen molar-refractivity contribution in [1.82, 2.24) is 9.88 Å². The summed E-state index contributed by atoms with van der Waals surface area (Å²) in [7, 11) is 0. The lowest BCUT2D eigenvalue weighted by Gasteiger charge is -2.48. The van der Waals surface area contributed by atoms with E-state index in [1.165, 1.54) is 23.6 Å². The predicted octanol–water partition coefficient (Wildman–Crippen LogP) is 1.98. The maximum Gasteiger partial charge on any atom is 0.511 e. The minimum Gasteiger partial charge on any atom is -0.473 e. The summed E-state index contributed by atoms with van der Waals surface area (Å²) < 4.78 is 15.5. The molecular weight excluding hydrogens is 522 g/mol. The molecule has 38 heavy (non-hydrogen) atoms. The molecule has 0 aromatic carbocycles. The van der Waals surface area contributed by atoms with E-state index in [1.807, 2.05) is 19.9 Å². The number of rotatable bonds is 8. The molecule has 4 N–H and O–H groups in total. The van der Waals surface area contributed by atoms with Crippen LogP contribution in [0.3, 0.4) is 0 Å². The van der Waals surface area contributed by atoms with Crippen LogP contribution < -0.4 is 5.73 Å². The smallest absolute Gasteiger partial charge is 0.473 e. The summed E-state index contributed by atoms with van der Waals surface area (Å²) in [5, 5.41) is 14.4. The van der Waals surface area contributed by atoms with Crippen LogP contribution in [0.5, 0.6) is 0 Å². The fraction of sp³-hybridized carbons (Fsp3) is 0.417. The van der Waals surface area contributed by atoms with Gasteiger partial charge in [-0.2, -0.15) is 0 Å². The van der Waals surface area contributed by atoms with Gasteiger partial charge in [-0.1, -0.05) is 32.1 Å². The first-order chi connectivity index (χ1) is 18.0. The molecule has 1 aromatic heterocycles. The van der Waals surface area contributed by atoms with Gasteiger partial charge in [0.25, 0.3) is 0 Å². The maximum atomic E-state index is 13.0. The van der Waals surface area contributed by atoms with Crippen molar-refractivity contribution in [3.05, 3.63) is 47.4 Å². The number of β-lactam (4-membered cyclic amide) rings is 1. The van der Waals surface area contributed by atoms with E-state index in [1.54, 1.807) is 30.6 Å². The quantitative estimate of drug-likeness (QED) is 0.184. The summed E-state index contributed by atoms with van der Waals surface area (Å²) in [5.74, 6) is -4.31. The molecule has 1 aromatic rings. The second-order valence-electron chi connectivity index (χ2n) is 7.94. The average molecular weight is 552 g/mol. The van der Waals surface area contributed by atoms with Crippen LogP contribution in [0.4, 0.5) is 4.79 Å². The predicted molar refractivity (Wildman–Crippen MR) is 134 cm³/mol. The Labute approximate surface area is 222 Å². The van der Waals surface area contributed by atoms with Gasteiger partial charge in [-0.05, 0) is 30.0 Å². The average Bonchev–Trinajstić information content (AvgIpc) is 2.90. The Hall–Kier alpha value is -3.91. The molecule has 0 radical (unpaired) electrons. The highest BCUT2D eigenvalue weighted by Crippen LogP contribution is 2.40. The first kappa shape index (κ1) is 30.3. The van der Waals surface area contributed by atoms with Crippen LogP contribution in [0.15, 0.2) is 41.9 Å². The topological polar surface area (TPSA) is 196 Å². The number of esters is 1. The zero-order valence-electron chi connectivity index (χ0n) is 20.9. The Bertz CT molecular complexity index is 1090. The number of carboxylic acid groups (broad SMARTS) is 2. The molecule has 0 bridgehead atoms. The largest absolute Gasteiger partial charge is 0.511 e. The van der Waals surface area contributed by atoms with Gasteiger partial charge in [0.05, 0.1) is 0 Å². The van der Waals surface area contributed by atoms with Crippen LogP contribution in [-0.4, -0.2) is 79.6 Å². The lowest BCUT2D eigenvalue weighted by atomic mass is 10.0. The molecule has 2 aliphatic rings. The highest BCUT2D eigenvalue weighted by atomic mass is 32.2. The van der Waals surface area contributed by atoms with Gasteiger partial charge >= 0.3 is 24.1 Å². The number of hydrogen-bond donors (Lipinski definition) is 3. The van der Waals surface area contributed by atoms with Gasteiger partial charge in [-0.3, -0.25) is 14.7 Å². The van der Waals surface area contributed by atoms with Crippen LogP contribution in [0, 0.1) is 0 Å². The number of carbonyl (C=O) groups is 5. The molecule has 14 heteroatoms. The normalized spacial score (nSPS) is 19.1. The fourth-order valence-electron chi connectivity index (χ4n) is 3.31. The number of pyridine rings is 1. The van der Waals surface area contributed by atoms with Gasteiger partial charge in [0.15, 0.2) is 0 Å². The molecule has 3 rings (SSSR count). The Balaban J connectivity index is 0.000000757.